The van der Waals surface area contributed by atoms with Gasteiger partial charge in [0.15, 0.2) is 0 Å². The zero-order valence-corrected chi connectivity index (χ0v) is 11.8. The van der Waals surface area contributed by atoms with Gasteiger partial charge in [-0.1, -0.05) is 12.1 Å². The fraction of sp³-hybridized carbons (Fsp3) is 0.333. The normalized spacial score (nSPS) is 12.9. The lowest BCUT2D eigenvalue weighted by molar-refractivity contribution is 0.464. The highest BCUT2D eigenvalue weighted by Gasteiger charge is 2.16. The molecule has 0 bridgehead atoms. The lowest BCUT2D eigenvalue weighted by atomic mass is 10.2. The molecule has 0 aliphatic rings. The van der Waals surface area contributed by atoms with Crippen LogP contribution in [0.25, 0.3) is 11.0 Å². The number of rotatable bonds is 5. The first-order valence-electron chi connectivity index (χ1n) is 6.91. The Morgan fingerprint density at radius 2 is 2.05 bits per heavy atom. The predicted octanol–water partition coefficient (Wildman–Crippen LogP) is 2.21. The van der Waals surface area contributed by atoms with Crippen molar-refractivity contribution < 1.29 is 0 Å². The third-order valence-electron chi connectivity index (χ3n) is 3.66. The summed E-state index contributed by atoms with van der Waals surface area (Å²) in [5.41, 5.74) is 2.18. The van der Waals surface area contributed by atoms with Crippen LogP contribution >= 0.6 is 0 Å². The van der Waals surface area contributed by atoms with Gasteiger partial charge in [-0.3, -0.25) is 0 Å². The summed E-state index contributed by atoms with van der Waals surface area (Å²) >= 11 is 0. The number of hydrogen-bond donors (Lipinski definition) is 1. The van der Waals surface area contributed by atoms with E-state index in [0.29, 0.717) is 0 Å². The quantitative estimate of drug-likeness (QED) is 0.772. The molecule has 1 N–H and O–H groups in total. The highest BCUT2D eigenvalue weighted by atomic mass is 15.1. The summed E-state index contributed by atoms with van der Waals surface area (Å²) in [4.78, 5) is 8.92. The predicted molar refractivity (Wildman–Crippen MR) is 79.4 cm³/mol. The first kappa shape index (κ1) is 12.9. The maximum atomic E-state index is 4.49. The minimum Gasteiger partial charge on any atom is -0.334 e. The fourth-order valence-corrected chi connectivity index (χ4v) is 2.55. The average Bonchev–Trinajstić information content (AvgIpc) is 3.11. The van der Waals surface area contributed by atoms with Crippen LogP contribution in [0.3, 0.4) is 0 Å². The zero-order chi connectivity index (χ0) is 13.9. The van der Waals surface area contributed by atoms with Crippen LogP contribution in [-0.2, 0) is 13.1 Å². The molecule has 3 rings (SSSR count). The highest BCUT2D eigenvalue weighted by Crippen LogP contribution is 2.18. The molecular weight excluding hydrogens is 250 g/mol. The molecule has 3 aromatic rings. The van der Waals surface area contributed by atoms with Gasteiger partial charge in [0.2, 0.25) is 0 Å². The SMILES string of the molecule is CCn1ccnc1C(Cn1cnc2ccccc21)NC. The molecule has 104 valence electrons. The molecule has 1 aromatic carbocycles. The molecule has 1 unspecified atom stereocenters. The van der Waals surface area contributed by atoms with Crippen molar-refractivity contribution in [2.45, 2.75) is 26.1 Å². The number of fused-ring (bicyclic) bond motifs is 1. The number of nitrogens with one attached hydrogen (secondary N) is 1. The second-order valence-corrected chi connectivity index (χ2v) is 4.80. The molecule has 5 heteroatoms. The van der Waals surface area contributed by atoms with Gasteiger partial charge in [0.25, 0.3) is 0 Å². The van der Waals surface area contributed by atoms with Gasteiger partial charge in [-0.05, 0) is 26.1 Å². The first-order chi connectivity index (χ1) is 9.83. The van der Waals surface area contributed by atoms with Crippen molar-refractivity contribution >= 4 is 11.0 Å². The Morgan fingerprint density at radius 1 is 1.20 bits per heavy atom. The number of imidazole rings is 2. The summed E-state index contributed by atoms with van der Waals surface area (Å²) in [5.74, 6) is 1.06. The van der Waals surface area contributed by atoms with Crippen LogP contribution in [0, 0.1) is 0 Å². The van der Waals surface area contributed by atoms with E-state index in [1.54, 1.807) is 0 Å². The number of para-hydroxylation sites is 2. The summed E-state index contributed by atoms with van der Waals surface area (Å²) in [5, 5.41) is 3.35. The molecule has 1 atom stereocenters. The standard InChI is InChI=1S/C15H19N5/c1-3-19-9-8-17-15(19)13(16-2)10-20-11-18-12-6-4-5-7-14(12)20/h4-9,11,13,16H,3,10H2,1-2H3. The number of nitrogens with zero attached hydrogens (tertiary/aromatic N) is 4. The highest BCUT2D eigenvalue weighted by molar-refractivity contribution is 5.74. The topological polar surface area (TPSA) is 47.7 Å². The van der Waals surface area contributed by atoms with E-state index in [-0.39, 0.29) is 6.04 Å². The Balaban J connectivity index is 1.92. The maximum Gasteiger partial charge on any atom is 0.127 e. The summed E-state index contributed by atoms with van der Waals surface area (Å²) in [7, 11) is 1.97. The van der Waals surface area contributed by atoms with Gasteiger partial charge < -0.3 is 14.5 Å². The molecule has 0 saturated carbocycles. The Kier molecular flexibility index (Phi) is 3.52. The van der Waals surface area contributed by atoms with Gasteiger partial charge in [-0.15, -0.1) is 0 Å². The van der Waals surface area contributed by atoms with E-state index in [1.807, 2.05) is 44.0 Å². The smallest absolute Gasteiger partial charge is 0.127 e. The lowest BCUT2D eigenvalue weighted by Gasteiger charge is -2.18. The van der Waals surface area contributed by atoms with Gasteiger partial charge in [0.05, 0.1) is 23.4 Å². The van der Waals surface area contributed by atoms with Gasteiger partial charge in [0, 0.05) is 25.5 Å². The molecular formula is C15H19N5. The molecule has 0 fully saturated rings. The van der Waals surface area contributed by atoms with Crippen LogP contribution in [0.15, 0.2) is 43.0 Å². The van der Waals surface area contributed by atoms with Gasteiger partial charge in [-0.25, -0.2) is 9.97 Å². The van der Waals surface area contributed by atoms with E-state index in [0.717, 1.165) is 29.9 Å². The fourth-order valence-electron chi connectivity index (χ4n) is 2.55. The first-order valence-corrected chi connectivity index (χ1v) is 6.91. The molecule has 0 radical (unpaired) electrons. The van der Waals surface area contributed by atoms with E-state index < -0.39 is 0 Å². The average molecular weight is 269 g/mol. The molecule has 2 heterocycles. The maximum absolute atomic E-state index is 4.49. The van der Waals surface area contributed by atoms with E-state index >= 15 is 0 Å². The van der Waals surface area contributed by atoms with Gasteiger partial charge in [0.1, 0.15) is 5.82 Å². The zero-order valence-electron chi connectivity index (χ0n) is 11.8. The van der Waals surface area contributed by atoms with E-state index in [1.165, 1.54) is 0 Å². The number of aromatic nitrogens is 4. The summed E-state index contributed by atoms with van der Waals surface area (Å²) in [6, 6.07) is 8.36. The Labute approximate surface area is 118 Å². The number of likely N-dealkylation sites (N-methyl/N-ethyl adjacent to an activating group) is 1. The molecule has 20 heavy (non-hydrogen) atoms. The minimum absolute atomic E-state index is 0.169. The Hall–Kier alpha value is -2.14. The van der Waals surface area contributed by atoms with Crippen molar-refractivity contribution in [2.24, 2.45) is 0 Å². The second kappa shape index (κ2) is 5.46. The molecule has 0 saturated heterocycles. The van der Waals surface area contributed by atoms with E-state index in [4.69, 9.17) is 0 Å². The largest absolute Gasteiger partial charge is 0.334 e. The van der Waals surface area contributed by atoms with Crippen molar-refractivity contribution in [3.8, 4) is 0 Å². The molecule has 0 spiro atoms. The van der Waals surface area contributed by atoms with Crippen molar-refractivity contribution in [1.82, 2.24) is 24.4 Å². The van der Waals surface area contributed by atoms with E-state index in [9.17, 15) is 0 Å². The van der Waals surface area contributed by atoms with Crippen LogP contribution in [0.2, 0.25) is 0 Å². The van der Waals surface area contributed by atoms with Crippen molar-refractivity contribution in [1.29, 1.82) is 0 Å². The van der Waals surface area contributed by atoms with Crippen LogP contribution in [-0.4, -0.2) is 26.1 Å². The Morgan fingerprint density at radius 3 is 2.85 bits per heavy atom. The number of benzene rings is 1. The third-order valence-corrected chi connectivity index (χ3v) is 3.66. The van der Waals surface area contributed by atoms with Crippen LogP contribution in [0.5, 0.6) is 0 Å². The van der Waals surface area contributed by atoms with Crippen LogP contribution in [0.4, 0.5) is 0 Å². The monoisotopic (exact) mass is 269 g/mol. The summed E-state index contributed by atoms with van der Waals surface area (Å²) in [6.07, 6.45) is 5.77. The Bertz CT molecular complexity index is 697. The second-order valence-electron chi connectivity index (χ2n) is 4.80. The van der Waals surface area contributed by atoms with Gasteiger partial charge in [-0.2, -0.15) is 0 Å². The van der Waals surface area contributed by atoms with E-state index in [2.05, 4.69) is 37.4 Å². The van der Waals surface area contributed by atoms with Crippen molar-refractivity contribution in [3.05, 3.63) is 48.8 Å². The number of aryl methyl sites for hydroxylation is 1. The molecule has 5 nitrogen and oxygen atoms in total. The summed E-state index contributed by atoms with van der Waals surface area (Å²) in [6.45, 7) is 3.87. The molecule has 2 aromatic heterocycles. The third kappa shape index (κ3) is 2.20. The summed E-state index contributed by atoms with van der Waals surface area (Å²) < 4.78 is 4.34. The number of hydrogen-bond acceptors (Lipinski definition) is 3. The molecule has 0 amide bonds. The lowest BCUT2D eigenvalue weighted by Crippen LogP contribution is -2.25. The van der Waals surface area contributed by atoms with Crippen molar-refractivity contribution in [3.63, 3.8) is 0 Å². The van der Waals surface area contributed by atoms with Gasteiger partial charge >= 0.3 is 0 Å². The van der Waals surface area contributed by atoms with Crippen LogP contribution < -0.4 is 5.32 Å². The molecule has 0 aliphatic carbocycles. The van der Waals surface area contributed by atoms with Crippen molar-refractivity contribution in [2.75, 3.05) is 7.05 Å². The molecule has 0 aliphatic heterocycles. The van der Waals surface area contributed by atoms with Crippen LogP contribution in [0.1, 0.15) is 18.8 Å². The minimum atomic E-state index is 0.169.